The Morgan fingerprint density at radius 2 is 1.96 bits per heavy atom. The molecule has 5 heteroatoms. The smallest absolute Gasteiger partial charge is 0.157 e. The van der Waals surface area contributed by atoms with Gasteiger partial charge >= 0.3 is 0 Å². The normalized spacial score (nSPS) is 15.0. The summed E-state index contributed by atoms with van der Waals surface area (Å²) in [6.45, 7) is 3.72. The van der Waals surface area contributed by atoms with Crippen LogP contribution >= 0.6 is 0 Å². The lowest BCUT2D eigenvalue weighted by Crippen LogP contribution is -2.30. The largest absolute Gasteiger partial charge is 0.352 e. The Hall–Kier alpha value is -2.69. The maximum atomic E-state index is 13.0. The van der Waals surface area contributed by atoms with Gasteiger partial charge in [0.2, 0.25) is 0 Å². The van der Waals surface area contributed by atoms with Gasteiger partial charge in [0.1, 0.15) is 11.6 Å². The van der Waals surface area contributed by atoms with Crippen LogP contribution in [0.4, 0.5) is 10.2 Å². The molecule has 0 aliphatic carbocycles. The van der Waals surface area contributed by atoms with Crippen LogP contribution in [0.25, 0.3) is 11.2 Å². The quantitative estimate of drug-likeness (QED) is 0.727. The first-order valence-electron chi connectivity index (χ1n) is 7.72. The molecule has 1 aliphatic rings. The van der Waals surface area contributed by atoms with Crippen molar-refractivity contribution in [3.63, 3.8) is 0 Å². The van der Waals surface area contributed by atoms with E-state index in [0.717, 1.165) is 42.2 Å². The van der Waals surface area contributed by atoms with Crippen LogP contribution in [0.2, 0.25) is 0 Å². The zero-order chi connectivity index (χ0) is 15.8. The van der Waals surface area contributed by atoms with Crippen LogP contribution in [0.1, 0.15) is 17.7 Å². The number of rotatable bonds is 2. The third-order valence-electron chi connectivity index (χ3n) is 4.22. The van der Waals surface area contributed by atoms with Gasteiger partial charge in [-0.1, -0.05) is 18.2 Å². The van der Waals surface area contributed by atoms with Gasteiger partial charge in [0, 0.05) is 30.9 Å². The van der Waals surface area contributed by atoms with Crippen LogP contribution in [0, 0.1) is 12.7 Å². The summed E-state index contributed by atoms with van der Waals surface area (Å²) in [7, 11) is 0. The van der Waals surface area contributed by atoms with E-state index < -0.39 is 0 Å². The molecule has 1 aliphatic heterocycles. The molecular formula is C18H17FN4. The van der Waals surface area contributed by atoms with Gasteiger partial charge in [0.15, 0.2) is 5.65 Å². The molecule has 1 aromatic carbocycles. The van der Waals surface area contributed by atoms with Gasteiger partial charge in [-0.15, -0.1) is 0 Å². The van der Waals surface area contributed by atoms with Crippen LogP contribution in [0.3, 0.4) is 0 Å². The Kier molecular flexibility index (Phi) is 3.33. The van der Waals surface area contributed by atoms with E-state index in [1.807, 2.05) is 29.6 Å². The predicted molar refractivity (Wildman–Crippen MR) is 88.9 cm³/mol. The van der Waals surface area contributed by atoms with Crippen molar-refractivity contribution in [2.45, 2.75) is 13.3 Å². The molecule has 0 atom stereocenters. The van der Waals surface area contributed by atoms with E-state index in [1.165, 1.54) is 17.7 Å². The molecule has 3 heterocycles. The highest BCUT2D eigenvalue weighted by Gasteiger charge is 2.17. The average Bonchev–Trinajstić information content (AvgIpc) is 3.03. The zero-order valence-electron chi connectivity index (χ0n) is 12.9. The standard InChI is InChI=1S/C18H17FN4/c1-13-12-18(23-17(21-13)6-9-20-23)22-10-7-15(8-11-22)14-2-4-16(19)5-3-14/h2-7,9,12H,8,10-11H2,1H3. The number of aryl methyl sites for hydroxylation is 1. The van der Waals surface area contributed by atoms with E-state index in [-0.39, 0.29) is 5.82 Å². The number of anilines is 1. The number of fused-ring (bicyclic) bond motifs is 1. The van der Waals surface area contributed by atoms with Gasteiger partial charge in [-0.05, 0) is 36.6 Å². The third kappa shape index (κ3) is 2.59. The van der Waals surface area contributed by atoms with Gasteiger partial charge in [-0.2, -0.15) is 9.61 Å². The van der Waals surface area contributed by atoms with Gasteiger partial charge in [0.25, 0.3) is 0 Å². The lowest BCUT2D eigenvalue weighted by atomic mass is 9.99. The van der Waals surface area contributed by atoms with E-state index in [1.54, 1.807) is 6.20 Å². The van der Waals surface area contributed by atoms with Crippen LogP contribution in [0.5, 0.6) is 0 Å². The summed E-state index contributed by atoms with van der Waals surface area (Å²) >= 11 is 0. The summed E-state index contributed by atoms with van der Waals surface area (Å²) in [4.78, 5) is 6.78. The van der Waals surface area contributed by atoms with Gasteiger partial charge < -0.3 is 4.90 Å². The first-order valence-corrected chi connectivity index (χ1v) is 7.72. The van der Waals surface area contributed by atoms with Gasteiger partial charge in [0.05, 0.1) is 6.20 Å². The van der Waals surface area contributed by atoms with Crippen LogP contribution in [0.15, 0.2) is 48.7 Å². The average molecular weight is 308 g/mol. The first-order chi connectivity index (χ1) is 11.2. The highest BCUT2D eigenvalue weighted by molar-refractivity contribution is 5.68. The van der Waals surface area contributed by atoms with Gasteiger partial charge in [-0.3, -0.25) is 0 Å². The molecular weight excluding hydrogens is 291 g/mol. The van der Waals surface area contributed by atoms with Crippen LogP contribution < -0.4 is 4.90 Å². The molecule has 3 aromatic rings. The van der Waals surface area contributed by atoms with Crippen molar-refractivity contribution in [1.82, 2.24) is 14.6 Å². The summed E-state index contributed by atoms with van der Waals surface area (Å²) < 4.78 is 14.9. The number of hydrogen-bond donors (Lipinski definition) is 0. The van der Waals surface area contributed by atoms with Gasteiger partial charge in [-0.25, -0.2) is 9.37 Å². The van der Waals surface area contributed by atoms with E-state index in [9.17, 15) is 4.39 Å². The van der Waals surface area contributed by atoms with Crippen LogP contribution in [-0.2, 0) is 0 Å². The van der Waals surface area contributed by atoms with Crippen LogP contribution in [-0.4, -0.2) is 27.7 Å². The number of aromatic nitrogens is 3. The minimum Gasteiger partial charge on any atom is -0.352 e. The van der Waals surface area contributed by atoms with Crippen molar-refractivity contribution in [3.8, 4) is 0 Å². The Morgan fingerprint density at radius 3 is 2.70 bits per heavy atom. The summed E-state index contributed by atoms with van der Waals surface area (Å²) in [6.07, 6.45) is 4.91. The monoisotopic (exact) mass is 308 g/mol. The summed E-state index contributed by atoms with van der Waals surface area (Å²) in [5.74, 6) is 0.868. The van der Waals surface area contributed by atoms with E-state index in [2.05, 4.69) is 27.1 Å². The fraction of sp³-hybridized carbons (Fsp3) is 0.222. The number of nitrogens with zero attached hydrogens (tertiary/aromatic N) is 4. The molecule has 23 heavy (non-hydrogen) atoms. The maximum absolute atomic E-state index is 13.0. The Balaban J connectivity index is 1.63. The lowest BCUT2D eigenvalue weighted by Gasteiger charge is -2.28. The van der Waals surface area contributed by atoms with E-state index in [4.69, 9.17) is 0 Å². The molecule has 0 N–H and O–H groups in total. The molecule has 4 nitrogen and oxygen atoms in total. The molecule has 2 aromatic heterocycles. The topological polar surface area (TPSA) is 33.4 Å². The van der Waals surface area contributed by atoms with Crippen molar-refractivity contribution in [3.05, 3.63) is 65.7 Å². The molecule has 4 rings (SSSR count). The van der Waals surface area contributed by atoms with E-state index in [0.29, 0.717) is 0 Å². The summed E-state index contributed by atoms with van der Waals surface area (Å²) in [5, 5.41) is 4.37. The number of hydrogen-bond acceptors (Lipinski definition) is 3. The molecule has 0 bridgehead atoms. The van der Waals surface area contributed by atoms with Crippen molar-refractivity contribution < 1.29 is 4.39 Å². The highest BCUT2D eigenvalue weighted by atomic mass is 19.1. The fourth-order valence-corrected chi connectivity index (χ4v) is 3.05. The van der Waals surface area contributed by atoms with Crippen molar-refractivity contribution in [2.75, 3.05) is 18.0 Å². The second-order valence-electron chi connectivity index (χ2n) is 5.79. The molecule has 0 saturated heterocycles. The Morgan fingerprint density at radius 1 is 1.13 bits per heavy atom. The second kappa shape index (κ2) is 5.50. The third-order valence-corrected chi connectivity index (χ3v) is 4.22. The predicted octanol–water partition coefficient (Wildman–Crippen LogP) is 3.47. The molecule has 0 fully saturated rings. The lowest BCUT2D eigenvalue weighted by molar-refractivity contribution is 0.627. The van der Waals surface area contributed by atoms with E-state index >= 15 is 0 Å². The second-order valence-corrected chi connectivity index (χ2v) is 5.79. The maximum Gasteiger partial charge on any atom is 0.157 e. The minimum atomic E-state index is -0.194. The minimum absolute atomic E-state index is 0.194. The molecule has 0 spiro atoms. The summed E-state index contributed by atoms with van der Waals surface area (Å²) in [6, 6.07) is 10.7. The SMILES string of the molecule is Cc1cc(N2CC=C(c3ccc(F)cc3)CC2)n2nccc2n1. The van der Waals surface area contributed by atoms with Crippen molar-refractivity contribution in [1.29, 1.82) is 0 Å². The molecule has 116 valence electrons. The highest BCUT2D eigenvalue weighted by Crippen LogP contribution is 2.26. The fourth-order valence-electron chi connectivity index (χ4n) is 3.05. The number of halogens is 1. The van der Waals surface area contributed by atoms with Crippen molar-refractivity contribution in [2.24, 2.45) is 0 Å². The number of benzene rings is 1. The van der Waals surface area contributed by atoms with Crippen molar-refractivity contribution >= 4 is 17.0 Å². The molecule has 0 unspecified atom stereocenters. The molecule has 0 radical (unpaired) electrons. The summed E-state index contributed by atoms with van der Waals surface area (Å²) in [5.41, 5.74) is 4.22. The first kappa shape index (κ1) is 13.9. The molecule has 0 saturated carbocycles. The Labute approximate surface area is 133 Å². The zero-order valence-corrected chi connectivity index (χ0v) is 12.9. The Bertz CT molecular complexity index is 880. The molecule has 0 amide bonds.